The Bertz CT molecular complexity index is 742. The number of aryl methyl sites for hydroxylation is 2. The number of carbonyl (C=O) groups is 1. The molecule has 2 aromatic rings. The quantitative estimate of drug-likeness (QED) is 0.823. The van der Waals surface area contributed by atoms with Crippen LogP contribution < -0.4 is 0 Å². The van der Waals surface area contributed by atoms with Gasteiger partial charge in [0.25, 0.3) is 0 Å². The highest BCUT2D eigenvalue weighted by atomic mass is 16.5. The molecule has 0 bridgehead atoms. The van der Waals surface area contributed by atoms with Crippen LogP contribution in [0.3, 0.4) is 0 Å². The Morgan fingerprint density at radius 2 is 2.00 bits per heavy atom. The molecular weight excluding hydrogens is 328 g/mol. The molecule has 1 aromatic heterocycles. The van der Waals surface area contributed by atoms with E-state index in [9.17, 15) is 4.79 Å². The molecule has 26 heavy (non-hydrogen) atoms. The van der Waals surface area contributed by atoms with E-state index in [0.29, 0.717) is 13.2 Å². The summed E-state index contributed by atoms with van der Waals surface area (Å²) in [4.78, 5) is 17.2. The van der Waals surface area contributed by atoms with E-state index in [2.05, 4.69) is 22.1 Å². The number of likely N-dealkylation sites (N-methyl/N-ethyl adjacent to an activating group) is 1. The van der Waals surface area contributed by atoms with Crippen LogP contribution in [0, 0.1) is 13.8 Å². The number of ether oxygens (including phenoxy) is 1. The lowest BCUT2D eigenvalue weighted by atomic mass is 9.97. The predicted molar refractivity (Wildman–Crippen MR) is 101 cm³/mol. The summed E-state index contributed by atoms with van der Waals surface area (Å²) in [6.45, 7) is 6.12. The largest absolute Gasteiger partial charge is 0.373 e. The van der Waals surface area contributed by atoms with E-state index in [1.165, 1.54) is 0 Å². The maximum atomic E-state index is 13.1. The van der Waals surface area contributed by atoms with Gasteiger partial charge in [-0.2, -0.15) is 5.10 Å². The molecule has 0 saturated carbocycles. The normalized spacial score (nSPS) is 20.6. The smallest absolute Gasteiger partial charge is 0.244 e. The van der Waals surface area contributed by atoms with Crippen LogP contribution in [0.4, 0.5) is 0 Å². The zero-order valence-corrected chi connectivity index (χ0v) is 16.1. The van der Waals surface area contributed by atoms with Gasteiger partial charge < -0.3 is 14.5 Å². The number of hydrogen-bond acceptors (Lipinski definition) is 4. The van der Waals surface area contributed by atoms with Gasteiger partial charge in [-0.05, 0) is 39.6 Å². The molecule has 1 aromatic carbocycles. The van der Waals surface area contributed by atoms with Crippen LogP contribution in [0.1, 0.15) is 23.0 Å². The molecule has 0 N–H and O–H groups in total. The van der Waals surface area contributed by atoms with E-state index >= 15 is 0 Å². The summed E-state index contributed by atoms with van der Waals surface area (Å²) in [6, 6.07) is 12.1. The van der Waals surface area contributed by atoms with Crippen LogP contribution in [0.5, 0.6) is 0 Å². The Morgan fingerprint density at radius 3 is 2.62 bits per heavy atom. The molecule has 6 nitrogen and oxygen atoms in total. The van der Waals surface area contributed by atoms with Gasteiger partial charge in [0.2, 0.25) is 5.91 Å². The summed E-state index contributed by atoms with van der Waals surface area (Å²) in [5.74, 6) is 0.0807. The average molecular weight is 356 g/mol. The lowest BCUT2D eigenvalue weighted by molar-refractivity contribution is -0.148. The van der Waals surface area contributed by atoms with Gasteiger partial charge >= 0.3 is 0 Å². The molecule has 0 radical (unpaired) electrons. The van der Waals surface area contributed by atoms with Gasteiger partial charge in [0.1, 0.15) is 6.54 Å². The van der Waals surface area contributed by atoms with Crippen LogP contribution in [0.25, 0.3) is 0 Å². The first-order chi connectivity index (χ1) is 12.5. The van der Waals surface area contributed by atoms with E-state index < -0.39 is 0 Å². The number of amides is 1. The standard InChI is InChI=1S/C20H28N4O2/c1-15-12-16(2)24(21-15)14-19(25)23-10-11-26-18(13-22(3)4)20(23)17-8-6-5-7-9-17/h5-9,12,18,20H,10-11,13-14H2,1-4H3/t18-,20-/m0/s1. The Morgan fingerprint density at radius 1 is 1.27 bits per heavy atom. The highest BCUT2D eigenvalue weighted by molar-refractivity contribution is 5.76. The third-order valence-corrected chi connectivity index (χ3v) is 4.75. The molecule has 3 rings (SSSR count). The molecule has 1 aliphatic rings. The molecule has 6 heteroatoms. The summed E-state index contributed by atoms with van der Waals surface area (Å²) >= 11 is 0. The van der Waals surface area contributed by atoms with Gasteiger partial charge in [-0.3, -0.25) is 9.48 Å². The number of morpholine rings is 1. The van der Waals surface area contributed by atoms with Crippen molar-refractivity contribution in [2.75, 3.05) is 33.8 Å². The fraction of sp³-hybridized carbons (Fsp3) is 0.500. The fourth-order valence-electron chi connectivity index (χ4n) is 3.62. The third kappa shape index (κ3) is 4.14. The Kier molecular flexibility index (Phi) is 5.74. The summed E-state index contributed by atoms with van der Waals surface area (Å²) < 4.78 is 7.84. The van der Waals surface area contributed by atoms with Gasteiger partial charge in [-0.25, -0.2) is 0 Å². The van der Waals surface area contributed by atoms with Gasteiger partial charge in [0.05, 0.1) is 24.4 Å². The fourth-order valence-corrected chi connectivity index (χ4v) is 3.62. The Balaban J connectivity index is 1.86. The van der Waals surface area contributed by atoms with Crippen molar-refractivity contribution >= 4 is 5.91 Å². The van der Waals surface area contributed by atoms with Crippen molar-refractivity contribution in [1.29, 1.82) is 0 Å². The molecule has 2 atom stereocenters. The first-order valence-corrected chi connectivity index (χ1v) is 9.07. The van der Waals surface area contributed by atoms with Crippen molar-refractivity contribution in [3.05, 3.63) is 53.3 Å². The molecule has 0 aliphatic carbocycles. The SMILES string of the molecule is Cc1cc(C)n(CC(=O)N2CCO[C@@H](CN(C)C)[C@@H]2c2ccccc2)n1. The van der Waals surface area contributed by atoms with E-state index in [0.717, 1.165) is 23.5 Å². The van der Waals surface area contributed by atoms with Crippen LogP contribution in [0.15, 0.2) is 36.4 Å². The zero-order chi connectivity index (χ0) is 18.7. The number of hydrogen-bond donors (Lipinski definition) is 0. The second-order valence-electron chi connectivity index (χ2n) is 7.20. The monoisotopic (exact) mass is 356 g/mol. The number of aromatic nitrogens is 2. The summed E-state index contributed by atoms with van der Waals surface area (Å²) in [5, 5.41) is 4.44. The van der Waals surface area contributed by atoms with Crippen molar-refractivity contribution in [2.24, 2.45) is 0 Å². The Hall–Kier alpha value is -2.18. The molecule has 2 heterocycles. The molecule has 1 amide bonds. The second kappa shape index (κ2) is 8.01. The summed E-state index contributed by atoms with van der Waals surface area (Å²) in [5.41, 5.74) is 3.05. The van der Waals surface area contributed by atoms with Crippen LogP contribution >= 0.6 is 0 Å². The predicted octanol–water partition coefficient (Wildman–Crippen LogP) is 2.03. The molecule has 0 spiro atoms. The minimum Gasteiger partial charge on any atom is -0.373 e. The first-order valence-electron chi connectivity index (χ1n) is 9.07. The molecule has 1 saturated heterocycles. The van der Waals surface area contributed by atoms with Gasteiger partial charge in [0, 0.05) is 18.8 Å². The number of rotatable bonds is 5. The summed E-state index contributed by atoms with van der Waals surface area (Å²) in [7, 11) is 4.06. The number of carbonyl (C=O) groups excluding carboxylic acids is 1. The highest BCUT2D eigenvalue weighted by Gasteiger charge is 2.36. The zero-order valence-electron chi connectivity index (χ0n) is 16.1. The van der Waals surface area contributed by atoms with Crippen LogP contribution in [-0.2, 0) is 16.1 Å². The van der Waals surface area contributed by atoms with E-state index in [4.69, 9.17) is 4.74 Å². The van der Waals surface area contributed by atoms with Crippen molar-refractivity contribution in [2.45, 2.75) is 32.5 Å². The highest BCUT2D eigenvalue weighted by Crippen LogP contribution is 2.30. The molecule has 0 unspecified atom stereocenters. The molecular formula is C20H28N4O2. The molecule has 1 aliphatic heterocycles. The topological polar surface area (TPSA) is 50.6 Å². The van der Waals surface area contributed by atoms with Gasteiger partial charge in [-0.15, -0.1) is 0 Å². The van der Waals surface area contributed by atoms with Crippen LogP contribution in [-0.4, -0.2) is 65.4 Å². The van der Waals surface area contributed by atoms with E-state index in [-0.39, 0.29) is 24.6 Å². The summed E-state index contributed by atoms with van der Waals surface area (Å²) in [6.07, 6.45) is -0.0504. The van der Waals surface area contributed by atoms with E-state index in [1.807, 2.05) is 57.1 Å². The lowest BCUT2D eigenvalue weighted by Gasteiger charge is -2.42. The van der Waals surface area contributed by atoms with Gasteiger partial charge in [-0.1, -0.05) is 30.3 Å². The minimum atomic E-state index is -0.0863. The van der Waals surface area contributed by atoms with Crippen molar-refractivity contribution in [3.8, 4) is 0 Å². The second-order valence-corrected chi connectivity index (χ2v) is 7.20. The maximum Gasteiger partial charge on any atom is 0.244 e. The Labute approximate surface area is 155 Å². The van der Waals surface area contributed by atoms with E-state index in [1.54, 1.807) is 4.68 Å². The van der Waals surface area contributed by atoms with Crippen molar-refractivity contribution in [1.82, 2.24) is 19.6 Å². The van der Waals surface area contributed by atoms with Crippen molar-refractivity contribution < 1.29 is 9.53 Å². The molecule has 140 valence electrons. The molecule has 1 fully saturated rings. The minimum absolute atomic E-state index is 0.0504. The van der Waals surface area contributed by atoms with Crippen LogP contribution in [0.2, 0.25) is 0 Å². The number of nitrogens with zero attached hydrogens (tertiary/aromatic N) is 4. The third-order valence-electron chi connectivity index (χ3n) is 4.75. The van der Waals surface area contributed by atoms with Crippen molar-refractivity contribution in [3.63, 3.8) is 0 Å². The average Bonchev–Trinajstić information content (AvgIpc) is 2.92. The van der Waals surface area contributed by atoms with Gasteiger partial charge in [0.15, 0.2) is 0 Å². The number of benzene rings is 1. The first kappa shape index (κ1) is 18.6. The maximum absolute atomic E-state index is 13.1. The lowest BCUT2D eigenvalue weighted by Crippen LogP contribution is -2.51.